The van der Waals surface area contributed by atoms with Gasteiger partial charge in [0, 0.05) is 11.1 Å². The van der Waals surface area contributed by atoms with Crippen molar-refractivity contribution in [2.24, 2.45) is 15.7 Å². The van der Waals surface area contributed by atoms with E-state index in [-0.39, 0.29) is 6.71 Å². The fourth-order valence-corrected chi connectivity index (χ4v) is 5.10. The number of rotatable bonds is 5. The second kappa shape index (κ2) is 10.2. The predicted molar refractivity (Wildman–Crippen MR) is 162 cm³/mol. The normalized spacial score (nSPS) is 12.7. The number of amidine groups is 2. The maximum Gasteiger partial charge on any atom is 0.242 e. The molecule has 0 spiro atoms. The molecule has 5 aromatic rings. The Hall–Kier alpha value is -4.96. The highest BCUT2D eigenvalue weighted by Gasteiger charge is 2.32. The Morgan fingerprint density at radius 1 is 0.526 bits per heavy atom. The van der Waals surface area contributed by atoms with Crippen LogP contribution in [0.25, 0.3) is 16.8 Å². The van der Waals surface area contributed by atoms with Crippen molar-refractivity contribution in [2.45, 2.75) is 0 Å². The van der Waals surface area contributed by atoms with Crippen molar-refractivity contribution >= 4 is 40.5 Å². The van der Waals surface area contributed by atoms with E-state index in [1.54, 1.807) is 0 Å². The molecular weight excluding hydrogens is 461 g/mol. The Kier molecular flexibility index (Phi) is 6.29. The molecule has 5 aromatic carbocycles. The van der Waals surface area contributed by atoms with Crippen LogP contribution in [0.5, 0.6) is 0 Å². The van der Waals surface area contributed by atoms with E-state index in [4.69, 9.17) is 15.7 Å². The van der Waals surface area contributed by atoms with Gasteiger partial charge in [0.1, 0.15) is 5.84 Å². The number of nitrogens with zero attached hydrogens (tertiary/aromatic N) is 2. The van der Waals surface area contributed by atoms with Crippen molar-refractivity contribution in [2.75, 3.05) is 0 Å². The van der Waals surface area contributed by atoms with Gasteiger partial charge in [0.25, 0.3) is 0 Å². The van der Waals surface area contributed by atoms with Gasteiger partial charge in [-0.05, 0) is 16.7 Å². The zero-order valence-corrected chi connectivity index (χ0v) is 21.0. The number of hydrogen-bond acceptors (Lipinski definition) is 1. The van der Waals surface area contributed by atoms with E-state index < -0.39 is 0 Å². The number of hydrogen-bond donors (Lipinski definition) is 1. The summed E-state index contributed by atoms with van der Waals surface area (Å²) in [6, 6.07) is 45.5. The first-order valence-electron chi connectivity index (χ1n) is 12.7. The van der Waals surface area contributed by atoms with Gasteiger partial charge in [-0.3, -0.25) is 0 Å². The van der Waals surface area contributed by atoms with Gasteiger partial charge in [-0.25, -0.2) is 9.98 Å². The molecule has 0 saturated carbocycles. The average Bonchev–Trinajstić information content (AvgIpc) is 3.32. The number of nitrogens with two attached hydrogens (primary N) is 1. The number of benzene rings is 5. The van der Waals surface area contributed by atoms with Crippen LogP contribution < -0.4 is 22.1 Å². The van der Waals surface area contributed by atoms with Crippen LogP contribution in [0.4, 0.5) is 0 Å². The minimum absolute atomic E-state index is 0.199. The smallest absolute Gasteiger partial charge is 0.242 e. The minimum atomic E-state index is 0.199. The summed E-state index contributed by atoms with van der Waals surface area (Å²) in [7, 11) is 0. The molecule has 6 rings (SSSR count). The summed E-state index contributed by atoms with van der Waals surface area (Å²) in [6.45, 7) is 4.36. The molecule has 0 bridgehead atoms. The Morgan fingerprint density at radius 2 is 1.03 bits per heavy atom. The third-order valence-electron chi connectivity index (χ3n) is 6.98. The van der Waals surface area contributed by atoms with Gasteiger partial charge in [-0.15, -0.1) is 0 Å². The van der Waals surface area contributed by atoms with Crippen LogP contribution >= 0.6 is 0 Å². The lowest BCUT2D eigenvalue weighted by Crippen LogP contribution is -2.48. The molecule has 180 valence electrons. The lowest BCUT2D eigenvalue weighted by Gasteiger charge is -2.12. The van der Waals surface area contributed by atoms with Gasteiger partial charge < -0.3 is 5.73 Å². The molecule has 38 heavy (non-hydrogen) atoms. The summed E-state index contributed by atoms with van der Waals surface area (Å²) in [4.78, 5) is 9.53. The van der Waals surface area contributed by atoms with Gasteiger partial charge in [0.2, 0.25) is 6.71 Å². The summed E-state index contributed by atoms with van der Waals surface area (Å²) in [6.07, 6.45) is 0. The molecular formula is C34H26BN3. The lowest BCUT2D eigenvalue weighted by atomic mass is 9.39. The molecule has 3 nitrogen and oxygen atoms in total. The van der Waals surface area contributed by atoms with Crippen molar-refractivity contribution in [1.29, 1.82) is 0 Å². The average molecular weight is 487 g/mol. The molecule has 0 atom stereocenters. The van der Waals surface area contributed by atoms with E-state index in [9.17, 15) is 0 Å². The summed E-state index contributed by atoms with van der Waals surface area (Å²) in [5, 5.41) is 0. The van der Waals surface area contributed by atoms with Crippen LogP contribution in [0, 0.1) is 0 Å². The SMILES string of the molecule is C=C(/N=C(\N=C(/N)c1ccc(B2c3ccccc3-c3ccccc32)cc1)c1ccccc1)c1ccccc1. The molecule has 0 saturated heterocycles. The molecule has 0 aromatic heterocycles. The van der Waals surface area contributed by atoms with Gasteiger partial charge in [0.05, 0.1) is 5.70 Å². The van der Waals surface area contributed by atoms with Gasteiger partial charge in [0.15, 0.2) is 5.84 Å². The molecule has 1 heterocycles. The molecule has 0 fully saturated rings. The van der Waals surface area contributed by atoms with E-state index in [1.165, 1.54) is 27.5 Å². The number of aliphatic imine (C=N–C) groups is 2. The van der Waals surface area contributed by atoms with Crippen LogP contribution in [0.1, 0.15) is 16.7 Å². The molecule has 0 radical (unpaired) electrons. The quantitative estimate of drug-likeness (QED) is 0.208. The lowest BCUT2D eigenvalue weighted by molar-refractivity contribution is 1.43. The van der Waals surface area contributed by atoms with Gasteiger partial charge in [-0.1, -0.05) is 156 Å². The predicted octanol–water partition coefficient (Wildman–Crippen LogP) is 5.01. The second-order valence-electron chi connectivity index (χ2n) is 9.34. The first-order chi connectivity index (χ1) is 18.7. The zero-order valence-electron chi connectivity index (χ0n) is 21.0. The first kappa shape index (κ1) is 23.4. The third-order valence-corrected chi connectivity index (χ3v) is 6.98. The van der Waals surface area contributed by atoms with Crippen LogP contribution in [0.15, 0.2) is 150 Å². The van der Waals surface area contributed by atoms with Crippen molar-refractivity contribution < 1.29 is 0 Å². The number of fused-ring (bicyclic) bond motifs is 3. The minimum Gasteiger partial charge on any atom is -0.383 e. The molecule has 2 N–H and O–H groups in total. The standard InChI is InChI=1S/C34H26BN3/c1-24(25-12-4-2-5-13-25)37-34(27-14-6-3-7-15-27)38-33(36)26-20-22-28(23-21-26)35-31-18-10-8-16-29(31)30-17-9-11-19-32(30)35/h2-23H,1H2,(H2,36,37,38). The van der Waals surface area contributed by atoms with Crippen molar-refractivity contribution in [3.63, 3.8) is 0 Å². The van der Waals surface area contributed by atoms with Crippen LogP contribution in [-0.2, 0) is 0 Å². The van der Waals surface area contributed by atoms with Crippen molar-refractivity contribution in [1.82, 2.24) is 0 Å². The highest BCUT2D eigenvalue weighted by atomic mass is 15.0. The van der Waals surface area contributed by atoms with Gasteiger partial charge >= 0.3 is 0 Å². The molecule has 0 amide bonds. The summed E-state index contributed by atoms with van der Waals surface area (Å²) in [5.41, 5.74) is 16.4. The maximum absolute atomic E-state index is 6.54. The van der Waals surface area contributed by atoms with Crippen LogP contribution in [-0.4, -0.2) is 18.4 Å². The van der Waals surface area contributed by atoms with E-state index in [0.29, 0.717) is 17.4 Å². The fourth-order valence-electron chi connectivity index (χ4n) is 5.10. The summed E-state index contributed by atoms with van der Waals surface area (Å²) in [5.74, 6) is 0.937. The van der Waals surface area contributed by atoms with Gasteiger partial charge in [-0.2, -0.15) is 0 Å². The Balaban J connectivity index is 1.34. The van der Waals surface area contributed by atoms with E-state index in [1.807, 2.05) is 72.8 Å². The molecule has 1 aliphatic rings. The van der Waals surface area contributed by atoms with Crippen molar-refractivity contribution in [3.05, 3.63) is 157 Å². The fraction of sp³-hybridized carbons (Fsp3) is 0. The monoisotopic (exact) mass is 487 g/mol. The first-order valence-corrected chi connectivity index (χ1v) is 12.7. The Morgan fingerprint density at radius 3 is 1.61 bits per heavy atom. The van der Waals surface area contributed by atoms with Crippen LogP contribution in [0.2, 0.25) is 0 Å². The third kappa shape index (κ3) is 4.49. The van der Waals surface area contributed by atoms with E-state index in [2.05, 4.69) is 67.2 Å². The summed E-state index contributed by atoms with van der Waals surface area (Å²) < 4.78 is 0. The largest absolute Gasteiger partial charge is 0.383 e. The summed E-state index contributed by atoms with van der Waals surface area (Å²) >= 11 is 0. The Bertz CT molecular complexity index is 1630. The zero-order chi connectivity index (χ0) is 25.9. The highest BCUT2D eigenvalue weighted by Crippen LogP contribution is 2.22. The van der Waals surface area contributed by atoms with Crippen molar-refractivity contribution in [3.8, 4) is 11.1 Å². The topological polar surface area (TPSA) is 50.7 Å². The van der Waals surface area contributed by atoms with E-state index >= 15 is 0 Å². The second-order valence-corrected chi connectivity index (χ2v) is 9.34. The molecule has 0 aliphatic carbocycles. The molecule has 4 heteroatoms. The highest BCUT2D eigenvalue weighted by molar-refractivity contribution is 6.99. The molecule has 0 unspecified atom stereocenters. The Labute approximate surface area is 223 Å². The maximum atomic E-state index is 6.54. The molecule has 1 aliphatic heterocycles. The van der Waals surface area contributed by atoms with Crippen LogP contribution in [0.3, 0.4) is 0 Å². The van der Waals surface area contributed by atoms with E-state index in [0.717, 1.165) is 16.7 Å².